The molecule has 1 unspecified atom stereocenters. The van der Waals surface area contributed by atoms with Crippen LogP contribution in [-0.4, -0.2) is 70.9 Å². The summed E-state index contributed by atoms with van der Waals surface area (Å²) >= 11 is 0. The SMILES string of the molecule is CCOc1ccc(CCCC(C(=O)N2CCN(c3ccc(C(F)(F)F)cn3)CC2)[C@H](O)C(=O)NO)cc1. The van der Waals surface area contributed by atoms with Gasteiger partial charge in [-0.05, 0) is 56.0 Å². The van der Waals surface area contributed by atoms with Crippen LogP contribution in [0.1, 0.15) is 30.9 Å². The van der Waals surface area contributed by atoms with E-state index in [4.69, 9.17) is 9.94 Å². The van der Waals surface area contributed by atoms with Gasteiger partial charge in [0.2, 0.25) is 5.91 Å². The van der Waals surface area contributed by atoms with Gasteiger partial charge < -0.3 is 19.6 Å². The lowest BCUT2D eigenvalue weighted by molar-refractivity contribution is -0.151. The number of rotatable bonds is 10. The third-order valence-corrected chi connectivity index (χ3v) is 6.28. The molecule has 0 aliphatic carbocycles. The summed E-state index contributed by atoms with van der Waals surface area (Å²) in [6.45, 7) is 3.58. The molecule has 0 bridgehead atoms. The van der Waals surface area contributed by atoms with Crippen molar-refractivity contribution < 1.29 is 37.8 Å². The van der Waals surface area contributed by atoms with Gasteiger partial charge in [-0.3, -0.25) is 14.8 Å². The number of benzene rings is 1. The minimum atomic E-state index is -4.47. The standard InChI is InChI=1S/C25H31F3N4O5/c1-2-37-19-9-6-17(7-10-19)4-3-5-20(22(33)23(34)30-36)24(35)32-14-12-31(13-15-32)21-11-8-18(16-29-21)25(26,27)28/h6-11,16,20,22,33,36H,2-5,12-15H2,1H3,(H,30,34)/t20?,22-/m0/s1. The van der Waals surface area contributed by atoms with Gasteiger partial charge in [-0.15, -0.1) is 0 Å². The Balaban J connectivity index is 1.59. The topological polar surface area (TPSA) is 115 Å². The molecule has 2 amide bonds. The summed E-state index contributed by atoms with van der Waals surface area (Å²) in [6.07, 6.45) is -4.10. The van der Waals surface area contributed by atoms with Gasteiger partial charge in [0.25, 0.3) is 5.91 Å². The van der Waals surface area contributed by atoms with Crippen LogP contribution in [0, 0.1) is 5.92 Å². The number of carbonyl (C=O) groups is 2. The van der Waals surface area contributed by atoms with Crippen LogP contribution in [0.4, 0.5) is 19.0 Å². The second kappa shape index (κ2) is 12.7. The zero-order valence-corrected chi connectivity index (χ0v) is 20.4. The van der Waals surface area contributed by atoms with Crippen molar-refractivity contribution in [3.8, 4) is 5.75 Å². The number of halogens is 3. The first-order chi connectivity index (χ1) is 17.6. The molecule has 0 saturated carbocycles. The van der Waals surface area contributed by atoms with Gasteiger partial charge in [-0.2, -0.15) is 13.2 Å². The number of nitrogens with one attached hydrogen (secondary N) is 1. The zero-order chi connectivity index (χ0) is 27.0. The fourth-order valence-electron chi connectivity index (χ4n) is 4.24. The summed E-state index contributed by atoms with van der Waals surface area (Å²) < 4.78 is 43.8. The molecular weight excluding hydrogens is 493 g/mol. The van der Waals surface area contributed by atoms with Gasteiger partial charge in [0.1, 0.15) is 17.7 Å². The molecule has 1 aromatic heterocycles. The number of ether oxygens (including phenoxy) is 1. The molecule has 0 radical (unpaired) electrons. The van der Waals surface area contributed by atoms with Crippen molar-refractivity contribution in [1.29, 1.82) is 0 Å². The van der Waals surface area contributed by atoms with Crippen molar-refractivity contribution in [2.24, 2.45) is 5.92 Å². The molecule has 0 spiro atoms. The number of amides is 2. The summed E-state index contributed by atoms with van der Waals surface area (Å²) in [5, 5.41) is 19.4. The second-order valence-electron chi connectivity index (χ2n) is 8.71. The fraction of sp³-hybridized carbons (Fsp3) is 0.480. The molecule has 3 rings (SSSR count). The van der Waals surface area contributed by atoms with Crippen LogP contribution in [0.2, 0.25) is 0 Å². The Morgan fingerprint density at radius 2 is 1.78 bits per heavy atom. The number of pyridine rings is 1. The fourth-order valence-corrected chi connectivity index (χ4v) is 4.24. The van der Waals surface area contributed by atoms with E-state index in [0.29, 0.717) is 38.4 Å². The first-order valence-electron chi connectivity index (χ1n) is 12.0. The van der Waals surface area contributed by atoms with Gasteiger partial charge in [0.05, 0.1) is 18.1 Å². The highest BCUT2D eigenvalue weighted by Gasteiger charge is 2.36. The Labute approximate surface area is 212 Å². The molecule has 2 heterocycles. The van der Waals surface area contributed by atoms with Crippen LogP contribution in [-0.2, 0) is 22.2 Å². The van der Waals surface area contributed by atoms with Crippen molar-refractivity contribution in [3.05, 3.63) is 53.7 Å². The molecule has 2 atom stereocenters. The van der Waals surface area contributed by atoms with Gasteiger partial charge in [-0.25, -0.2) is 10.5 Å². The minimum absolute atomic E-state index is 0.210. The van der Waals surface area contributed by atoms with Crippen molar-refractivity contribution in [2.75, 3.05) is 37.7 Å². The predicted molar refractivity (Wildman–Crippen MR) is 128 cm³/mol. The Morgan fingerprint density at radius 1 is 1.11 bits per heavy atom. The summed E-state index contributed by atoms with van der Waals surface area (Å²) in [5.41, 5.74) is 1.57. The van der Waals surface area contributed by atoms with Crippen LogP contribution in [0.5, 0.6) is 5.75 Å². The van der Waals surface area contributed by atoms with Gasteiger partial charge in [0.15, 0.2) is 0 Å². The molecule has 1 aliphatic heterocycles. The van der Waals surface area contributed by atoms with E-state index in [0.717, 1.165) is 23.6 Å². The van der Waals surface area contributed by atoms with Crippen molar-refractivity contribution in [1.82, 2.24) is 15.4 Å². The smallest absolute Gasteiger partial charge is 0.417 e. The molecule has 202 valence electrons. The number of hydroxylamine groups is 1. The molecular formula is C25H31F3N4O5. The normalized spacial score (nSPS) is 15.7. The number of alkyl halides is 3. The van der Waals surface area contributed by atoms with Gasteiger partial charge in [-0.1, -0.05) is 12.1 Å². The molecule has 1 aromatic carbocycles. The molecule has 9 nitrogen and oxygen atoms in total. The second-order valence-corrected chi connectivity index (χ2v) is 8.71. The zero-order valence-electron chi connectivity index (χ0n) is 20.4. The Kier molecular flexibility index (Phi) is 9.70. The number of anilines is 1. The summed E-state index contributed by atoms with van der Waals surface area (Å²) in [4.78, 5) is 32.3. The van der Waals surface area contributed by atoms with Crippen LogP contribution < -0.4 is 15.1 Å². The number of piperazine rings is 1. The lowest BCUT2D eigenvalue weighted by Crippen LogP contribution is -2.53. The quantitative estimate of drug-likeness (QED) is 0.323. The van der Waals surface area contributed by atoms with E-state index in [9.17, 15) is 27.9 Å². The Hall–Kier alpha value is -3.38. The maximum Gasteiger partial charge on any atom is 0.417 e. The van der Waals surface area contributed by atoms with Crippen LogP contribution in [0.15, 0.2) is 42.6 Å². The lowest BCUT2D eigenvalue weighted by atomic mass is 9.92. The number of aryl methyl sites for hydroxylation is 1. The number of nitrogens with zero attached hydrogens (tertiary/aromatic N) is 3. The van der Waals surface area contributed by atoms with Crippen LogP contribution in [0.3, 0.4) is 0 Å². The number of carbonyl (C=O) groups excluding carboxylic acids is 2. The Morgan fingerprint density at radius 3 is 2.32 bits per heavy atom. The first kappa shape index (κ1) is 28.2. The molecule has 1 aliphatic rings. The third kappa shape index (κ3) is 7.56. The largest absolute Gasteiger partial charge is 0.494 e. The number of aliphatic hydroxyl groups is 1. The average molecular weight is 525 g/mol. The van der Waals surface area contributed by atoms with E-state index in [2.05, 4.69) is 4.98 Å². The summed E-state index contributed by atoms with van der Waals surface area (Å²) in [7, 11) is 0. The van der Waals surface area contributed by atoms with E-state index < -0.39 is 35.6 Å². The van der Waals surface area contributed by atoms with Gasteiger partial charge >= 0.3 is 6.18 Å². The number of aliphatic hydroxyl groups excluding tert-OH is 1. The van der Waals surface area contributed by atoms with Crippen molar-refractivity contribution in [2.45, 2.75) is 38.5 Å². The van der Waals surface area contributed by atoms with E-state index >= 15 is 0 Å². The minimum Gasteiger partial charge on any atom is -0.494 e. The number of hydrogen-bond donors (Lipinski definition) is 3. The molecule has 2 aromatic rings. The van der Waals surface area contributed by atoms with Crippen LogP contribution >= 0.6 is 0 Å². The summed E-state index contributed by atoms with van der Waals surface area (Å²) in [6, 6.07) is 9.77. The number of aromatic nitrogens is 1. The predicted octanol–water partition coefficient (Wildman–Crippen LogP) is 2.65. The highest BCUT2D eigenvalue weighted by Crippen LogP contribution is 2.29. The third-order valence-electron chi connectivity index (χ3n) is 6.28. The Bertz CT molecular complexity index is 1030. The van der Waals surface area contributed by atoms with E-state index in [1.807, 2.05) is 31.2 Å². The van der Waals surface area contributed by atoms with E-state index in [1.54, 1.807) is 4.90 Å². The highest BCUT2D eigenvalue weighted by atomic mass is 19.4. The lowest BCUT2D eigenvalue weighted by Gasteiger charge is -2.37. The monoisotopic (exact) mass is 524 g/mol. The molecule has 37 heavy (non-hydrogen) atoms. The number of hydrogen-bond acceptors (Lipinski definition) is 7. The maximum atomic E-state index is 13.2. The molecule has 1 saturated heterocycles. The molecule has 12 heteroatoms. The van der Waals surface area contributed by atoms with Crippen molar-refractivity contribution in [3.63, 3.8) is 0 Å². The van der Waals surface area contributed by atoms with Gasteiger partial charge in [0, 0.05) is 32.4 Å². The average Bonchev–Trinajstić information content (AvgIpc) is 2.90. The highest BCUT2D eigenvalue weighted by molar-refractivity contribution is 5.88. The first-order valence-corrected chi connectivity index (χ1v) is 12.0. The summed E-state index contributed by atoms with van der Waals surface area (Å²) in [5.74, 6) is -1.44. The molecule has 1 fully saturated rings. The molecule has 3 N–H and O–H groups in total. The van der Waals surface area contributed by atoms with E-state index in [-0.39, 0.29) is 19.5 Å². The maximum absolute atomic E-state index is 13.2. The van der Waals surface area contributed by atoms with Crippen LogP contribution in [0.25, 0.3) is 0 Å². The van der Waals surface area contributed by atoms with Crippen molar-refractivity contribution >= 4 is 17.6 Å². The van der Waals surface area contributed by atoms with E-state index in [1.165, 1.54) is 16.4 Å².